The molecule has 1 aliphatic carbocycles. The SMILES string of the molecule is O=C(NC1CC2(CCN(c3nc4ccc(Cl)cc4o3)C2)C1)C1CCSC1. The molecule has 5 rings (SSSR count). The van der Waals surface area contributed by atoms with Crippen LogP contribution in [0.4, 0.5) is 6.01 Å². The Hall–Kier alpha value is -1.40. The number of amides is 1. The molecule has 0 bridgehead atoms. The topological polar surface area (TPSA) is 58.4 Å². The molecule has 2 aliphatic heterocycles. The lowest BCUT2D eigenvalue weighted by molar-refractivity contribution is -0.126. The minimum absolute atomic E-state index is 0.225. The summed E-state index contributed by atoms with van der Waals surface area (Å²) in [7, 11) is 0. The molecule has 0 radical (unpaired) electrons. The molecule has 1 spiro atoms. The van der Waals surface area contributed by atoms with Gasteiger partial charge in [-0.2, -0.15) is 16.7 Å². The molecular formula is C19H22ClN3O2S. The van der Waals surface area contributed by atoms with E-state index in [2.05, 4.69) is 15.2 Å². The van der Waals surface area contributed by atoms with E-state index in [0.717, 1.165) is 61.4 Å². The molecule has 1 saturated carbocycles. The first kappa shape index (κ1) is 16.8. The van der Waals surface area contributed by atoms with Crippen molar-refractivity contribution >= 4 is 46.4 Å². The fraction of sp³-hybridized carbons (Fsp3) is 0.579. The fourth-order valence-electron chi connectivity index (χ4n) is 4.60. The van der Waals surface area contributed by atoms with Gasteiger partial charge in [-0.3, -0.25) is 4.79 Å². The van der Waals surface area contributed by atoms with Crippen LogP contribution in [0, 0.1) is 11.3 Å². The van der Waals surface area contributed by atoms with Crippen LogP contribution < -0.4 is 10.2 Å². The predicted molar refractivity (Wildman–Crippen MR) is 105 cm³/mol. The maximum absolute atomic E-state index is 12.3. The maximum Gasteiger partial charge on any atom is 0.298 e. The Morgan fingerprint density at radius 2 is 2.31 bits per heavy atom. The molecule has 1 amide bonds. The predicted octanol–water partition coefficient (Wildman–Crippen LogP) is 3.71. The molecule has 3 fully saturated rings. The monoisotopic (exact) mass is 391 g/mol. The number of halogens is 1. The number of oxazole rings is 1. The summed E-state index contributed by atoms with van der Waals surface area (Å²) in [4.78, 5) is 19.1. The van der Waals surface area contributed by atoms with Crippen LogP contribution in [0.1, 0.15) is 25.7 Å². The summed E-state index contributed by atoms with van der Waals surface area (Å²) >= 11 is 7.92. The van der Waals surface area contributed by atoms with Gasteiger partial charge in [0.2, 0.25) is 5.91 Å². The highest BCUT2D eigenvalue weighted by molar-refractivity contribution is 7.99. The Labute approximate surface area is 161 Å². The Bertz CT molecular complexity index is 842. The number of carbonyl (C=O) groups excluding carboxylic acids is 1. The highest BCUT2D eigenvalue weighted by Gasteiger charge is 2.50. The summed E-state index contributed by atoms with van der Waals surface area (Å²) in [5.41, 5.74) is 1.89. The van der Waals surface area contributed by atoms with Gasteiger partial charge in [0.15, 0.2) is 5.58 Å². The first-order chi connectivity index (χ1) is 12.6. The van der Waals surface area contributed by atoms with E-state index in [0.29, 0.717) is 22.5 Å². The molecule has 26 heavy (non-hydrogen) atoms. The Kier molecular flexibility index (Phi) is 4.09. The lowest BCUT2D eigenvalue weighted by Crippen LogP contribution is -2.53. The zero-order valence-corrected chi connectivity index (χ0v) is 16.1. The average molecular weight is 392 g/mol. The van der Waals surface area contributed by atoms with Gasteiger partial charge in [0.1, 0.15) is 5.52 Å². The van der Waals surface area contributed by atoms with Crippen molar-refractivity contribution in [2.75, 3.05) is 29.5 Å². The van der Waals surface area contributed by atoms with Crippen molar-refractivity contribution in [3.8, 4) is 0 Å². The molecule has 7 heteroatoms. The zero-order valence-electron chi connectivity index (χ0n) is 14.5. The van der Waals surface area contributed by atoms with E-state index in [-0.39, 0.29) is 11.8 Å². The van der Waals surface area contributed by atoms with Crippen molar-refractivity contribution < 1.29 is 9.21 Å². The first-order valence-corrected chi connectivity index (χ1v) is 10.8. The minimum atomic E-state index is 0.225. The van der Waals surface area contributed by atoms with Crippen LogP contribution >= 0.6 is 23.4 Å². The number of hydrogen-bond acceptors (Lipinski definition) is 5. The fourth-order valence-corrected chi connectivity index (χ4v) is 5.98. The molecule has 3 aliphatic rings. The van der Waals surface area contributed by atoms with Crippen LogP contribution in [0.5, 0.6) is 0 Å². The number of anilines is 1. The molecule has 2 saturated heterocycles. The highest BCUT2D eigenvalue weighted by Crippen LogP contribution is 2.49. The van der Waals surface area contributed by atoms with Gasteiger partial charge >= 0.3 is 0 Å². The van der Waals surface area contributed by atoms with Gasteiger partial charge in [-0.1, -0.05) is 11.6 Å². The van der Waals surface area contributed by atoms with Gasteiger partial charge in [0.25, 0.3) is 6.01 Å². The smallest absolute Gasteiger partial charge is 0.298 e. The second-order valence-corrected chi connectivity index (χ2v) is 9.54. The van der Waals surface area contributed by atoms with Gasteiger partial charge in [-0.15, -0.1) is 0 Å². The van der Waals surface area contributed by atoms with E-state index in [1.807, 2.05) is 30.0 Å². The number of hydrogen-bond donors (Lipinski definition) is 1. The second-order valence-electron chi connectivity index (χ2n) is 7.95. The molecule has 1 aromatic carbocycles. The van der Waals surface area contributed by atoms with Gasteiger partial charge in [0.05, 0.1) is 0 Å². The number of fused-ring (bicyclic) bond motifs is 1. The van der Waals surface area contributed by atoms with Gasteiger partial charge in [0, 0.05) is 41.9 Å². The first-order valence-electron chi connectivity index (χ1n) is 9.29. The average Bonchev–Trinajstić information content (AvgIpc) is 3.32. The van der Waals surface area contributed by atoms with Crippen molar-refractivity contribution in [1.29, 1.82) is 0 Å². The molecule has 1 aromatic heterocycles. The molecule has 1 N–H and O–H groups in total. The zero-order chi connectivity index (χ0) is 17.7. The third kappa shape index (κ3) is 2.97. The Morgan fingerprint density at radius 3 is 3.12 bits per heavy atom. The van der Waals surface area contributed by atoms with E-state index in [4.69, 9.17) is 16.0 Å². The number of thioether (sulfide) groups is 1. The minimum Gasteiger partial charge on any atom is -0.423 e. The van der Waals surface area contributed by atoms with E-state index < -0.39 is 0 Å². The van der Waals surface area contributed by atoms with Crippen LogP contribution in [0.3, 0.4) is 0 Å². The molecule has 1 atom stereocenters. The summed E-state index contributed by atoms with van der Waals surface area (Å²) in [6.07, 6.45) is 4.31. The van der Waals surface area contributed by atoms with Gasteiger partial charge in [-0.25, -0.2) is 0 Å². The summed E-state index contributed by atoms with van der Waals surface area (Å²) in [5.74, 6) is 2.60. The van der Waals surface area contributed by atoms with Crippen molar-refractivity contribution in [1.82, 2.24) is 10.3 Å². The van der Waals surface area contributed by atoms with Crippen LogP contribution in [0.25, 0.3) is 11.1 Å². The van der Waals surface area contributed by atoms with Crippen molar-refractivity contribution in [2.45, 2.75) is 31.7 Å². The van der Waals surface area contributed by atoms with E-state index in [9.17, 15) is 4.79 Å². The number of carbonyl (C=O) groups is 1. The molecule has 138 valence electrons. The largest absolute Gasteiger partial charge is 0.423 e. The van der Waals surface area contributed by atoms with Crippen LogP contribution in [-0.2, 0) is 4.79 Å². The van der Waals surface area contributed by atoms with Gasteiger partial charge in [-0.05, 0) is 49.0 Å². The van der Waals surface area contributed by atoms with Crippen molar-refractivity contribution in [2.24, 2.45) is 11.3 Å². The lowest BCUT2D eigenvalue weighted by atomic mass is 9.65. The third-order valence-electron chi connectivity index (χ3n) is 6.05. The third-order valence-corrected chi connectivity index (χ3v) is 7.45. The summed E-state index contributed by atoms with van der Waals surface area (Å²) < 4.78 is 5.91. The van der Waals surface area contributed by atoms with Gasteiger partial charge < -0.3 is 14.6 Å². The maximum atomic E-state index is 12.3. The number of nitrogens with zero attached hydrogens (tertiary/aromatic N) is 2. The van der Waals surface area contributed by atoms with E-state index >= 15 is 0 Å². The molecule has 3 heterocycles. The van der Waals surface area contributed by atoms with Crippen molar-refractivity contribution in [3.63, 3.8) is 0 Å². The highest BCUT2D eigenvalue weighted by atomic mass is 35.5. The van der Waals surface area contributed by atoms with Crippen molar-refractivity contribution in [3.05, 3.63) is 23.2 Å². The number of aromatic nitrogens is 1. The van der Waals surface area contributed by atoms with Crippen LogP contribution in [0.15, 0.2) is 22.6 Å². The van der Waals surface area contributed by atoms with E-state index in [1.165, 1.54) is 0 Å². The standard InChI is InChI=1S/C19H22ClN3O2S/c20-13-1-2-15-16(7-13)25-18(22-15)23-5-4-19(11-23)8-14(9-19)21-17(24)12-3-6-26-10-12/h1-2,7,12,14H,3-6,8-11H2,(H,21,24). The van der Waals surface area contributed by atoms with Crippen LogP contribution in [-0.4, -0.2) is 41.5 Å². The lowest BCUT2D eigenvalue weighted by Gasteiger charge is -2.45. The molecule has 5 nitrogen and oxygen atoms in total. The summed E-state index contributed by atoms with van der Waals surface area (Å²) in [6, 6.07) is 6.58. The normalized spacial score (nSPS) is 30.9. The quantitative estimate of drug-likeness (QED) is 0.864. The molecular weight excluding hydrogens is 370 g/mol. The summed E-state index contributed by atoms with van der Waals surface area (Å²) in [5, 5.41) is 3.93. The Morgan fingerprint density at radius 1 is 1.42 bits per heavy atom. The number of nitrogens with one attached hydrogen (secondary N) is 1. The number of benzene rings is 1. The second kappa shape index (κ2) is 6.34. The summed E-state index contributed by atoms with van der Waals surface area (Å²) in [6.45, 7) is 1.92. The molecule has 1 unspecified atom stereocenters. The van der Waals surface area contributed by atoms with Crippen LogP contribution in [0.2, 0.25) is 5.02 Å². The number of rotatable bonds is 3. The van der Waals surface area contributed by atoms with E-state index in [1.54, 1.807) is 0 Å². The molecule has 2 aromatic rings. The Balaban J connectivity index is 1.20.